The first kappa shape index (κ1) is 11.8. The summed E-state index contributed by atoms with van der Waals surface area (Å²) in [4.78, 5) is 0. The lowest BCUT2D eigenvalue weighted by atomic mass is 10.3. The van der Waals surface area contributed by atoms with Crippen LogP contribution in [0.5, 0.6) is 0 Å². The van der Waals surface area contributed by atoms with Crippen LogP contribution in [-0.2, 0) is 0 Å². The lowest BCUT2D eigenvalue weighted by Crippen LogP contribution is -2.28. The van der Waals surface area contributed by atoms with Gasteiger partial charge < -0.3 is 11.5 Å². The summed E-state index contributed by atoms with van der Waals surface area (Å²) in [5.74, 6) is 0. The van der Waals surface area contributed by atoms with Gasteiger partial charge in [0.1, 0.15) is 0 Å². The van der Waals surface area contributed by atoms with E-state index in [-0.39, 0.29) is 10.2 Å². The van der Waals surface area contributed by atoms with E-state index >= 15 is 0 Å². The Balaban J connectivity index is 2.64. The van der Waals surface area contributed by atoms with Crippen LogP contribution < -0.4 is 22.3 Å². The van der Waals surface area contributed by atoms with Crippen LogP contribution in [0.2, 0.25) is 0 Å². The fourth-order valence-electron chi connectivity index (χ4n) is 1.20. The van der Waals surface area contributed by atoms with Crippen molar-refractivity contribution in [1.82, 2.24) is 10.9 Å². The number of hydrogen-bond acceptors (Lipinski definition) is 4. The van der Waals surface area contributed by atoms with Crippen molar-refractivity contribution in [2.45, 2.75) is 19.3 Å². The molecule has 0 atom stereocenters. The molecule has 0 spiro atoms. The standard InChI is InChI=1S/C7H12N6S2/c8-6(14)12-10-4-2-1-3-5(4)11-13-7(9)15/h1-3H2,(H3,8,12,14)(H3,9,13,15)/b10-4-,11-5-. The van der Waals surface area contributed by atoms with Gasteiger partial charge in [0.05, 0.1) is 11.4 Å². The fraction of sp³-hybridized carbons (Fsp3) is 0.429. The lowest BCUT2D eigenvalue weighted by molar-refractivity contribution is 0.950. The van der Waals surface area contributed by atoms with Gasteiger partial charge in [0.15, 0.2) is 10.2 Å². The van der Waals surface area contributed by atoms with E-state index in [0.29, 0.717) is 0 Å². The first-order chi connectivity index (χ1) is 7.09. The molecule has 1 rings (SSSR count). The molecule has 1 saturated carbocycles. The predicted octanol–water partition coefficient (Wildman–Crippen LogP) is -0.451. The summed E-state index contributed by atoms with van der Waals surface area (Å²) in [6.07, 6.45) is 2.68. The monoisotopic (exact) mass is 244 g/mol. The first-order valence-corrected chi connectivity index (χ1v) is 5.15. The van der Waals surface area contributed by atoms with Gasteiger partial charge in [-0.2, -0.15) is 10.2 Å². The van der Waals surface area contributed by atoms with Crippen molar-refractivity contribution in [3.05, 3.63) is 0 Å². The second-order valence-corrected chi connectivity index (χ2v) is 3.80. The molecule has 6 nitrogen and oxygen atoms in total. The highest BCUT2D eigenvalue weighted by Crippen LogP contribution is 2.12. The quantitative estimate of drug-likeness (QED) is 0.388. The molecule has 6 N–H and O–H groups in total. The summed E-state index contributed by atoms with van der Waals surface area (Å²) >= 11 is 9.28. The van der Waals surface area contributed by atoms with Crippen LogP contribution in [0.3, 0.4) is 0 Å². The van der Waals surface area contributed by atoms with E-state index in [2.05, 4.69) is 45.5 Å². The second-order valence-electron chi connectivity index (χ2n) is 2.92. The summed E-state index contributed by atoms with van der Waals surface area (Å²) in [5.41, 5.74) is 17.2. The zero-order valence-electron chi connectivity index (χ0n) is 7.99. The Labute approximate surface area is 98.2 Å². The Morgan fingerprint density at radius 2 is 1.40 bits per heavy atom. The molecule has 8 heteroatoms. The number of nitrogens with zero attached hydrogens (tertiary/aromatic N) is 2. The normalized spacial score (nSPS) is 20.5. The summed E-state index contributed by atoms with van der Waals surface area (Å²) < 4.78 is 0. The molecule has 15 heavy (non-hydrogen) atoms. The Kier molecular flexibility index (Phi) is 4.37. The zero-order valence-corrected chi connectivity index (χ0v) is 9.62. The minimum absolute atomic E-state index is 0.135. The van der Waals surface area contributed by atoms with Crippen molar-refractivity contribution < 1.29 is 0 Å². The number of nitrogens with one attached hydrogen (secondary N) is 2. The molecule has 0 unspecified atom stereocenters. The van der Waals surface area contributed by atoms with Gasteiger partial charge in [0, 0.05) is 0 Å². The topological polar surface area (TPSA) is 101 Å². The van der Waals surface area contributed by atoms with Gasteiger partial charge in [0.25, 0.3) is 0 Å². The SMILES string of the molecule is NC(=S)N/N=C1/CCC/C1=N/NC(N)=S. The molecule has 1 aliphatic rings. The van der Waals surface area contributed by atoms with Crippen LogP contribution >= 0.6 is 24.4 Å². The smallest absolute Gasteiger partial charge is 0.184 e. The molecule has 0 aromatic rings. The summed E-state index contributed by atoms with van der Waals surface area (Å²) in [7, 11) is 0. The average molecular weight is 244 g/mol. The molecule has 0 saturated heterocycles. The Morgan fingerprint density at radius 3 is 1.73 bits per heavy atom. The van der Waals surface area contributed by atoms with Gasteiger partial charge in [0.2, 0.25) is 0 Å². The van der Waals surface area contributed by atoms with Crippen LogP contribution in [0.25, 0.3) is 0 Å². The molecule has 0 amide bonds. The lowest BCUT2D eigenvalue weighted by Gasteiger charge is -2.01. The molecule has 82 valence electrons. The molecule has 0 bridgehead atoms. The predicted molar refractivity (Wildman–Crippen MR) is 68.6 cm³/mol. The van der Waals surface area contributed by atoms with E-state index in [4.69, 9.17) is 11.5 Å². The minimum atomic E-state index is 0.135. The number of hydrazone groups is 2. The van der Waals surface area contributed by atoms with E-state index < -0.39 is 0 Å². The first-order valence-electron chi connectivity index (χ1n) is 4.34. The van der Waals surface area contributed by atoms with Gasteiger partial charge in [-0.15, -0.1) is 0 Å². The molecule has 0 heterocycles. The Morgan fingerprint density at radius 1 is 1.00 bits per heavy atom. The molecule has 0 radical (unpaired) electrons. The van der Waals surface area contributed by atoms with Crippen LogP contribution in [0.15, 0.2) is 10.2 Å². The van der Waals surface area contributed by atoms with E-state index in [1.807, 2.05) is 0 Å². The van der Waals surface area contributed by atoms with Crippen LogP contribution in [0.4, 0.5) is 0 Å². The minimum Gasteiger partial charge on any atom is -0.375 e. The molecule has 1 fully saturated rings. The number of nitrogens with two attached hydrogens (primary N) is 2. The highest BCUT2D eigenvalue weighted by molar-refractivity contribution is 7.80. The molecule has 0 aromatic carbocycles. The van der Waals surface area contributed by atoms with Crippen molar-refractivity contribution in [2.24, 2.45) is 21.7 Å². The fourth-order valence-corrected chi connectivity index (χ4v) is 1.29. The van der Waals surface area contributed by atoms with Crippen LogP contribution in [-0.4, -0.2) is 21.6 Å². The highest BCUT2D eigenvalue weighted by atomic mass is 32.1. The van der Waals surface area contributed by atoms with Crippen molar-refractivity contribution >= 4 is 46.1 Å². The van der Waals surface area contributed by atoms with E-state index in [1.54, 1.807) is 0 Å². The molecule has 0 aliphatic heterocycles. The summed E-state index contributed by atoms with van der Waals surface area (Å²) in [6, 6.07) is 0. The maximum atomic E-state index is 5.26. The largest absolute Gasteiger partial charge is 0.375 e. The summed E-state index contributed by atoms with van der Waals surface area (Å²) in [6.45, 7) is 0. The molecule has 0 aromatic heterocycles. The van der Waals surface area contributed by atoms with Gasteiger partial charge in [-0.05, 0) is 43.7 Å². The maximum Gasteiger partial charge on any atom is 0.184 e. The number of hydrogen-bond donors (Lipinski definition) is 4. The number of thiocarbonyl (C=S) groups is 2. The van der Waals surface area contributed by atoms with Crippen molar-refractivity contribution in [3.8, 4) is 0 Å². The zero-order chi connectivity index (χ0) is 11.3. The Hall–Kier alpha value is -1.28. The third kappa shape index (κ3) is 4.17. The molecule has 1 aliphatic carbocycles. The third-order valence-corrected chi connectivity index (χ3v) is 1.94. The van der Waals surface area contributed by atoms with Crippen molar-refractivity contribution in [3.63, 3.8) is 0 Å². The second kappa shape index (κ2) is 5.56. The highest BCUT2D eigenvalue weighted by Gasteiger charge is 2.17. The number of rotatable bonds is 2. The van der Waals surface area contributed by atoms with Crippen molar-refractivity contribution in [2.75, 3.05) is 0 Å². The van der Waals surface area contributed by atoms with Crippen LogP contribution in [0, 0.1) is 0 Å². The van der Waals surface area contributed by atoms with Gasteiger partial charge in [-0.3, -0.25) is 10.9 Å². The average Bonchev–Trinajstić information content (AvgIpc) is 2.58. The van der Waals surface area contributed by atoms with Gasteiger partial charge >= 0.3 is 0 Å². The van der Waals surface area contributed by atoms with Crippen LogP contribution in [0.1, 0.15) is 19.3 Å². The summed E-state index contributed by atoms with van der Waals surface area (Å²) in [5, 5.41) is 8.33. The van der Waals surface area contributed by atoms with Gasteiger partial charge in [-0.25, -0.2) is 0 Å². The van der Waals surface area contributed by atoms with Crippen molar-refractivity contribution in [1.29, 1.82) is 0 Å². The third-order valence-electron chi connectivity index (χ3n) is 1.76. The molecular formula is C7H12N6S2. The molecular weight excluding hydrogens is 232 g/mol. The maximum absolute atomic E-state index is 5.26. The van der Waals surface area contributed by atoms with E-state index in [1.165, 1.54) is 0 Å². The van der Waals surface area contributed by atoms with E-state index in [9.17, 15) is 0 Å². The Bertz CT molecular complexity index is 302. The van der Waals surface area contributed by atoms with Gasteiger partial charge in [-0.1, -0.05) is 0 Å². The van der Waals surface area contributed by atoms with E-state index in [0.717, 1.165) is 30.7 Å².